The van der Waals surface area contributed by atoms with Crippen LogP contribution in [0.4, 0.5) is 0 Å². The van der Waals surface area contributed by atoms with E-state index in [1.54, 1.807) is 12.3 Å². The van der Waals surface area contributed by atoms with Crippen LogP contribution in [-0.4, -0.2) is 41.8 Å². The summed E-state index contributed by atoms with van der Waals surface area (Å²) in [6.45, 7) is 0.115. The first kappa shape index (κ1) is 19.2. The van der Waals surface area contributed by atoms with Gasteiger partial charge in [0.05, 0.1) is 11.8 Å². The van der Waals surface area contributed by atoms with E-state index in [0.29, 0.717) is 5.56 Å². The van der Waals surface area contributed by atoms with Crippen molar-refractivity contribution in [2.24, 2.45) is 0 Å². The molecule has 9 heteroatoms. The Morgan fingerprint density at radius 3 is 2.48 bits per heavy atom. The molecule has 0 saturated carbocycles. The van der Waals surface area contributed by atoms with Crippen molar-refractivity contribution in [1.82, 2.24) is 20.1 Å². The number of nitrogens with zero attached hydrogens (tertiary/aromatic N) is 1. The van der Waals surface area contributed by atoms with Crippen LogP contribution in [0.1, 0.15) is 21.5 Å². The van der Waals surface area contributed by atoms with Crippen molar-refractivity contribution in [1.29, 1.82) is 0 Å². The van der Waals surface area contributed by atoms with Gasteiger partial charge in [-0.3, -0.25) is 20.4 Å². The Bertz CT molecular complexity index is 1200. The number of benzene rings is 2. The van der Waals surface area contributed by atoms with Gasteiger partial charge in [-0.1, -0.05) is 42.5 Å². The zero-order chi connectivity index (χ0) is 20.6. The van der Waals surface area contributed by atoms with Gasteiger partial charge in [-0.2, -0.15) is 4.31 Å². The molecule has 0 radical (unpaired) electrons. The van der Waals surface area contributed by atoms with Crippen LogP contribution < -0.4 is 10.9 Å². The average Bonchev–Trinajstić information content (AvgIpc) is 3.14. The number of hydrogen-bond acceptors (Lipinski definition) is 4. The van der Waals surface area contributed by atoms with Gasteiger partial charge in [0.25, 0.3) is 11.8 Å². The number of fused-ring (bicyclic) bond motifs is 2. The van der Waals surface area contributed by atoms with Crippen molar-refractivity contribution in [2.45, 2.75) is 19.0 Å². The number of hydrogen-bond donors (Lipinski definition) is 3. The Morgan fingerprint density at radius 1 is 1.03 bits per heavy atom. The molecule has 3 aromatic rings. The molecule has 4 rings (SSSR count). The van der Waals surface area contributed by atoms with Crippen molar-refractivity contribution in [3.05, 3.63) is 71.4 Å². The number of carbonyl (C=O) groups is 2. The van der Waals surface area contributed by atoms with Crippen LogP contribution in [0, 0.1) is 0 Å². The number of amides is 2. The maximum absolute atomic E-state index is 12.8. The number of aromatic amines is 1. The third-order valence-corrected chi connectivity index (χ3v) is 6.30. The maximum atomic E-state index is 12.8. The summed E-state index contributed by atoms with van der Waals surface area (Å²) in [6.07, 6.45) is 2.87. The van der Waals surface area contributed by atoms with E-state index in [9.17, 15) is 18.0 Å². The van der Waals surface area contributed by atoms with Crippen LogP contribution in [-0.2, 0) is 27.8 Å². The summed E-state index contributed by atoms with van der Waals surface area (Å²) < 4.78 is 25.6. The fourth-order valence-corrected chi connectivity index (χ4v) is 4.61. The van der Waals surface area contributed by atoms with Crippen LogP contribution in [0.15, 0.2) is 54.7 Å². The zero-order valence-corrected chi connectivity index (χ0v) is 16.5. The number of carbonyl (C=O) groups excluding carboxylic acids is 2. The van der Waals surface area contributed by atoms with Crippen LogP contribution in [0.2, 0.25) is 0 Å². The first-order valence-electron chi connectivity index (χ1n) is 9.04. The number of nitrogens with one attached hydrogen (secondary N) is 3. The third-order valence-electron chi connectivity index (χ3n) is 5.07. The summed E-state index contributed by atoms with van der Waals surface area (Å²) in [5.74, 6) is -1.07. The Labute approximate surface area is 167 Å². The van der Waals surface area contributed by atoms with E-state index < -0.39 is 27.9 Å². The Morgan fingerprint density at radius 2 is 1.72 bits per heavy atom. The van der Waals surface area contributed by atoms with E-state index in [0.717, 1.165) is 32.6 Å². The summed E-state index contributed by atoms with van der Waals surface area (Å²) in [7, 11) is -3.62. The van der Waals surface area contributed by atoms with Gasteiger partial charge in [0, 0.05) is 23.6 Å². The average molecular weight is 412 g/mol. The largest absolute Gasteiger partial charge is 0.360 e. The van der Waals surface area contributed by atoms with Gasteiger partial charge in [0.15, 0.2) is 0 Å². The molecule has 0 spiro atoms. The van der Waals surface area contributed by atoms with E-state index in [1.165, 1.54) is 0 Å². The third kappa shape index (κ3) is 3.74. The topological polar surface area (TPSA) is 111 Å². The smallest absolute Gasteiger partial charge is 0.271 e. The number of para-hydroxylation sites is 1. The number of sulfonamides is 1. The van der Waals surface area contributed by atoms with E-state index in [2.05, 4.69) is 15.8 Å². The van der Waals surface area contributed by atoms with Crippen molar-refractivity contribution < 1.29 is 18.0 Å². The molecule has 3 N–H and O–H groups in total. The van der Waals surface area contributed by atoms with E-state index in [4.69, 9.17) is 0 Å². The number of H-pyrrole nitrogens is 1. The molecule has 1 aromatic heterocycles. The molecule has 2 amide bonds. The van der Waals surface area contributed by atoms with Gasteiger partial charge in [-0.15, -0.1) is 0 Å². The second-order valence-electron chi connectivity index (χ2n) is 6.99. The monoisotopic (exact) mass is 412 g/mol. The van der Waals surface area contributed by atoms with Crippen molar-refractivity contribution >= 4 is 32.7 Å². The molecule has 29 heavy (non-hydrogen) atoms. The quantitative estimate of drug-likeness (QED) is 0.563. The van der Waals surface area contributed by atoms with Gasteiger partial charge in [0.2, 0.25) is 10.0 Å². The minimum Gasteiger partial charge on any atom is -0.360 e. The molecule has 0 bridgehead atoms. The molecule has 1 aliphatic rings. The first-order valence-corrected chi connectivity index (χ1v) is 10.9. The Kier molecular flexibility index (Phi) is 4.85. The van der Waals surface area contributed by atoms with Crippen molar-refractivity contribution in [3.63, 3.8) is 0 Å². The molecule has 1 atom stereocenters. The molecule has 8 nitrogen and oxygen atoms in total. The van der Waals surface area contributed by atoms with Gasteiger partial charge < -0.3 is 4.98 Å². The minimum atomic E-state index is -3.62. The molecular weight excluding hydrogens is 392 g/mol. The molecule has 0 fully saturated rings. The summed E-state index contributed by atoms with van der Waals surface area (Å²) in [5, 5.41) is 0.726. The predicted octanol–water partition coefficient (Wildman–Crippen LogP) is 1.32. The highest BCUT2D eigenvalue weighted by Crippen LogP contribution is 2.25. The maximum Gasteiger partial charge on any atom is 0.271 e. The van der Waals surface area contributed by atoms with Crippen LogP contribution in [0.25, 0.3) is 10.9 Å². The second-order valence-corrected chi connectivity index (χ2v) is 8.92. The van der Waals surface area contributed by atoms with Gasteiger partial charge >= 0.3 is 0 Å². The Balaban J connectivity index is 1.51. The molecule has 0 aliphatic carbocycles. The summed E-state index contributed by atoms with van der Waals surface area (Å²) in [5.41, 5.74) is 7.73. The van der Waals surface area contributed by atoms with Gasteiger partial charge in [-0.05, 0) is 23.6 Å². The van der Waals surface area contributed by atoms with E-state index >= 15 is 0 Å². The molecule has 0 saturated heterocycles. The zero-order valence-electron chi connectivity index (χ0n) is 15.7. The van der Waals surface area contributed by atoms with Crippen molar-refractivity contribution in [2.75, 3.05) is 6.26 Å². The molecule has 1 aliphatic heterocycles. The lowest BCUT2D eigenvalue weighted by Gasteiger charge is -2.34. The van der Waals surface area contributed by atoms with Crippen LogP contribution >= 0.6 is 0 Å². The van der Waals surface area contributed by atoms with Crippen LogP contribution in [0.5, 0.6) is 0 Å². The lowest BCUT2D eigenvalue weighted by Crippen LogP contribution is -2.55. The fraction of sp³-hybridized carbons (Fsp3) is 0.200. The summed E-state index contributed by atoms with van der Waals surface area (Å²) in [4.78, 5) is 28.3. The number of aromatic nitrogens is 1. The lowest BCUT2D eigenvalue weighted by molar-refractivity contribution is -0.126. The highest BCUT2D eigenvalue weighted by atomic mass is 32.2. The SMILES string of the molecule is CS(=O)(=O)N1Cc2ccccc2CC1C(=O)NNC(=O)c1c[nH]c2ccccc12. The van der Waals surface area contributed by atoms with Crippen molar-refractivity contribution in [3.8, 4) is 0 Å². The summed E-state index contributed by atoms with van der Waals surface area (Å²) >= 11 is 0. The van der Waals surface area contributed by atoms with Gasteiger partial charge in [-0.25, -0.2) is 8.42 Å². The molecular formula is C20H20N4O4S. The normalized spacial score (nSPS) is 16.9. The first-order chi connectivity index (χ1) is 13.8. The van der Waals surface area contributed by atoms with E-state index in [1.807, 2.05) is 42.5 Å². The Hall–Kier alpha value is -3.17. The predicted molar refractivity (Wildman–Crippen MR) is 108 cm³/mol. The molecule has 2 aromatic carbocycles. The standard InChI is InChI=1S/C20H20N4O4S/c1-29(27,28)24-12-14-7-3-2-6-13(14)10-18(24)20(26)23-22-19(25)16-11-21-17-9-5-4-8-15(16)17/h2-9,11,18,21H,10,12H2,1H3,(H,22,25)(H,23,26). The highest BCUT2D eigenvalue weighted by molar-refractivity contribution is 7.88. The molecule has 1 unspecified atom stereocenters. The molecule has 2 heterocycles. The molecule has 150 valence electrons. The number of rotatable bonds is 3. The fourth-order valence-electron chi connectivity index (χ4n) is 3.60. The van der Waals surface area contributed by atoms with Crippen LogP contribution in [0.3, 0.4) is 0 Å². The van der Waals surface area contributed by atoms with E-state index in [-0.39, 0.29) is 13.0 Å². The highest BCUT2D eigenvalue weighted by Gasteiger charge is 2.37. The van der Waals surface area contributed by atoms with Gasteiger partial charge in [0.1, 0.15) is 6.04 Å². The summed E-state index contributed by atoms with van der Waals surface area (Å²) in [6, 6.07) is 13.8. The lowest BCUT2D eigenvalue weighted by atomic mass is 9.95. The minimum absolute atomic E-state index is 0.115. The second kappa shape index (κ2) is 7.34. The number of hydrazine groups is 1.